The Morgan fingerprint density at radius 1 is 1.10 bits per heavy atom. The first-order valence-electron chi connectivity index (χ1n) is 6.95. The van der Waals surface area contributed by atoms with Crippen molar-refractivity contribution in [3.8, 4) is 11.3 Å². The lowest BCUT2D eigenvalue weighted by Crippen LogP contribution is -2.27. The van der Waals surface area contributed by atoms with Crippen molar-refractivity contribution in [3.63, 3.8) is 0 Å². The number of fused-ring (bicyclic) bond motifs is 1. The quantitative estimate of drug-likeness (QED) is 0.732. The van der Waals surface area contributed by atoms with Crippen molar-refractivity contribution < 1.29 is 0 Å². The van der Waals surface area contributed by atoms with Gasteiger partial charge in [0.1, 0.15) is 17.2 Å². The van der Waals surface area contributed by atoms with E-state index in [1.165, 1.54) is 0 Å². The van der Waals surface area contributed by atoms with Crippen LogP contribution in [-0.2, 0) is 0 Å². The molecule has 0 aliphatic rings. The molecule has 0 unspecified atom stereocenters. The van der Waals surface area contributed by atoms with E-state index in [-0.39, 0.29) is 5.54 Å². The van der Waals surface area contributed by atoms with Crippen molar-refractivity contribution in [1.82, 2.24) is 9.38 Å². The standard InChI is InChI=1S/C17H18ClN3/c1-17(2,3)20-16-15(12-7-6-8-13(18)11-12)19-14-9-4-5-10-21(14)16/h4-11,20H,1-3H3. The van der Waals surface area contributed by atoms with Gasteiger partial charge in [-0.2, -0.15) is 0 Å². The molecular weight excluding hydrogens is 282 g/mol. The van der Waals surface area contributed by atoms with E-state index >= 15 is 0 Å². The van der Waals surface area contributed by atoms with Crippen LogP contribution in [0.2, 0.25) is 5.02 Å². The molecule has 1 aromatic carbocycles. The van der Waals surface area contributed by atoms with Gasteiger partial charge in [-0.3, -0.25) is 4.40 Å². The van der Waals surface area contributed by atoms with Gasteiger partial charge in [0.25, 0.3) is 0 Å². The Morgan fingerprint density at radius 3 is 2.62 bits per heavy atom. The molecule has 0 radical (unpaired) electrons. The number of nitrogens with zero attached hydrogens (tertiary/aromatic N) is 2. The monoisotopic (exact) mass is 299 g/mol. The zero-order valence-electron chi connectivity index (χ0n) is 12.4. The second-order valence-corrected chi connectivity index (χ2v) is 6.56. The average Bonchev–Trinajstić information content (AvgIpc) is 2.76. The van der Waals surface area contributed by atoms with Crippen LogP contribution in [0.3, 0.4) is 0 Å². The molecule has 0 bridgehead atoms. The number of aromatic nitrogens is 2. The van der Waals surface area contributed by atoms with Gasteiger partial charge in [0.05, 0.1) is 0 Å². The molecule has 3 aromatic rings. The van der Waals surface area contributed by atoms with Crippen LogP contribution in [0.25, 0.3) is 16.9 Å². The predicted molar refractivity (Wildman–Crippen MR) is 89.0 cm³/mol. The third kappa shape index (κ3) is 2.88. The molecule has 0 fully saturated rings. The number of pyridine rings is 1. The van der Waals surface area contributed by atoms with Crippen molar-refractivity contribution in [2.75, 3.05) is 5.32 Å². The van der Waals surface area contributed by atoms with Gasteiger partial charge in [-0.15, -0.1) is 0 Å². The van der Waals surface area contributed by atoms with E-state index in [1.54, 1.807) is 0 Å². The first kappa shape index (κ1) is 14.0. The van der Waals surface area contributed by atoms with Gasteiger partial charge in [0.2, 0.25) is 0 Å². The number of halogens is 1. The Morgan fingerprint density at radius 2 is 1.90 bits per heavy atom. The zero-order chi connectivity index (χ0) is 15.0. The minimum Gasteiger partial charge on any atom is -0.365 e. The van der Waals surface area contributed by atoms with Gasteiger partial charge in [-0.05, 0) is 45.0 Å². The van der Waals surface area contributed by atoms with E-state index in [0.29, 0.717) is 5.02 Å². The Hall–Kier alpha value is -2.00. The number of anilines is 1. The largest absolute Gasteiger partial charge is 0.365 e. The summed E-state index contributed by atoms with van der Waals surface area (Å²) in [7, 11) is 0. The fourth-order valence-corrected chi connectivity index (χ4v) is 2.50. The topological polar surface area (TPSA) is 29.3 Å². The smallest absolute Gasteiger partial charge is 0.139 e. The first-order chi connectivity index (χ1) is 9.94. The second-order valence-electron chi connectivity index (χ2n) is 6.12. The van der Waals surface area contributed by atoms with Crippen molar-refractivity contribution in [3.05, 3.63) is 53.7 Å². The van der Waals surface area contributed by atoms with Gasteiger partial charge in [-0.25, -0.2) is 4.98 Å². The molecule has 2 heterocycles. The summed E-state index contributed by atoms with van der Waals surface area (Å²) in [5.41, 5.74) is 2.79. The van der Waals surface area contributed by atoms with Crippen LogP contribution in [0, 0.1) is 0 Å². The van der Waals surface area contributed by atoms with E-state index in [0.717, 1.165) is 22.7 Å². The second kappa shape index (κ2) is 5.08. The van der Waals surface area contributed by atoms with Crippen LogP contribution in [-0.4, -0.2) is 14.9 Å². The molecule has 0 aliphatic heterocycles. The fraction of sp³-hybridized carbons (Fsp3) is 0.235. The third-order valence-corrected chi connectivity index (χ3v) is 3.36. The number of imidazole rings is 1. The van der Waals surface area contributed by atoms with Crippen LogP contribution < -0.4 is 5.32 Å². The van der Waals surface area contributed by atoms with E-state index in [1.807, 2.05) is 48.7 Å². The Bertz CT molecular complexity index is 784. The van der Waals surface area contributed by atoms with E-state index in [4.69, 9.17) is 16.6 Å². The van der Waals surface area contributed by atoms with Gasteiger partial charge in [0, 0.05) is 22.3 Å². The van der Waals surface area contributed by atoms with E-state index in [9.17, 15) is 0 Å². The number of benzene rings is 1. The highest BCUT2D eigenvalue weighted by Crippen LogP contribution is 2.31. The molecule has 3 nitrogen and oxygen atoms in total. The fourth-order valence-electron chi connectivity index (χ4n) is 2.31. The normalized spacial score (nSPS) is 11.8. The first-order valence-corrected chi connectivity index (χ1v) is 7.33. The van der Waals surface area contributed by atoms with Crippen LogP contribution in [0.5, 0.6) is 0 Å². The molecule has 0 atom stereocenters. The summed E-state index contributed by atoms with van der Waals surface area (Å²) >= 11 is 6.12. The lowest BCUT2D eigenvalue weighted by atomic mass is 10.1. The lowest BCUT2D eigenvalue weighted by Gasteiger charge is -2.22. The Balaban J connectivity index is 2.24. The van der Waals surface area contributed by atoms with Crippen molar-refractivity contribution >= 4 is 23.1 Å². The molecule has 0 saturated carbocycles. The molecule has 4 heteroatoms. The SMILES string of the molecule is CC(C)(C)Nc1c(-c2cccc(Cl)c2)nc2ccccn12. The maximum absolute atomic E-state index is 6.12. The van der Waals surface area contributed by atoms with E-state index < -0.39 is 0 Å². The molecule has 2 aromatic heterocycles. The summed E-state index contributed by atoms with van der Waals surface area (Å²) in [5, 5.41) is 4.26. The molecule has 3 rings (SSSR count). The van der Waals surface area contributed by atoms with Crippen molar-refractivity contribution in [2.24, 2.45) is 0 Å². The number of nitrogens with one attached hydrogen (secondary N) is 1. The van der Waals surface area contributed by atoms with Gasteiger partial charge >= 0.3 is 0 Å². The van der Waals surface area contributed by atoms with E-state index in [2.05, 4.69) is 30.5 Å². The summed E-state index contributed by atoms with van der Waals surface area (Å²) < 4.78 is 2.07. The molecule has 21 heavy (non-hydrogen) atoms. The van der Waals surface area contributed by atoms with Crippen LogP contribution >= 0.6 is 11.6 Å². The third-order valence-electron chi connectivity index (χ3n) is 3.12. The summed E-state index contributed by atoms with van der Waals surface area (Å²) in [6.45, 7) is 6.41. The predicted octanol–water partition coefficient (Wildman–Crippen LogP) is 4.87. The highest BCUT2D eigenvalue weighted by atomic mass is 35.5. The Kier molecular flexibility index (Phi) is 3.38. The number of rotatable bonds is 2. The van der Waals surface area contributed by atoms with Crippen LogP contribution in [0.4, 0.5) is 5.82 Å². The molecule has 108 valence electrons. The van der Waals surface area contributed by atoms with Gasteiger partial charge < -0.3 is 5.32 Å². The molecule has 1 N–H and O–H groups in total. The summed E-state index contributed by atoms with van der Waals surface area (Å²) in [6.07, 6.45) is 2.02. The lowest BCUT2D eigenvalue weighted by molar-refractivity contribution is 0.629. The summed E-state index contributed by atoms with van der Waals surface area (Å²) in [5.74, 6) is 0.986. The van der Waals surface area contributed by atoms with Gasteiger partial charge in [-0.1, -0.05) is 29.8 Å². The summed E-state index contributed by atoms with van der Waals surface area (Å²) in [4.78, 5) is 4.75. The maximum atomic E-state index is 6.12. The maximum Gasteiger partial charge on any atom is 0.139 e. The molecule has 0 spiro atoms. The van der Waals surface area contributed by atoms with Crippen LogP contribution in [0.15, 0.2) is 48.7 Å². The molecule has 0 amide bonds. The molecular formula is C17H18ClN3. The van der Waals surface area contributed by atoms with Gasteiger partial charge in [0.15, 0.2) is 0 Å². The minimum absolute atomic E-state index is 0.0564. The minimum atomic E-state index is -0.0564. The summed E-state index contributed by atoms with van der Waals surface area (Å²) in [6, 6.07) is 13.8. The van der Waals surface area contributed by atoms with Crippen molar-refractivity contribution in [1.29, 1.82) is 0 Å². The van der Waals surface area contributed by atoms with Crippen LogP contribution in [0.1, 0.15) is 20.8 Å². The highest BCUT2D eigenvalue weighted by Gasteiger charge is 2.19. The zero-order valence-corrected chi connectivity index (χ0v) is 13.1. The molecule has 0 aliphatic carbocycles. The highest BCUT2D eigenvalue weighted by molar-refractivity contribution is 6.30. The molecule has 0 saturated heterocycles. The average molecular weight is 300 g/mol. The Labute approximate surface area is 129 Å². The number of hydrogen-bond acceptors (Lipinski definition) is 2. The number of hydrogen-bond donors (Lipinski definition) is 1. The van der Waals surface area contributed by atoms with Crippen molar-refractivity contribution in [2.45, 2.75) is 26.3 Å².